The zero-order chi connectivity index (χ0) is 10.4. The van der Waals surface area contributed by atoms with Gasteiger partial charge in [-0.2, -0.15) is 0 Å². The molecule has 0 radical (unpaired) electrons. The highest BCUT2D eigenvalue weighted by Crippen LogP contribution is 2.40. The molecule has 0 bridgehead atoms. The number of nitrogens with one attached hydrogen (secondary N) is 1. The molecule has 1 atom stereocenters. The predicted octanol–water partition coefficient (Wildman–Crippen LogP) is 2.94. The lowest BCUT2D eigenvalue weighted by atomic mass is 9.99. The monoisotopic (exact) mass is 220 g/mol. The van der Waals surface area contributed by atoms with Gasteiger partial charge in [0.05, 0.1) is 0 Å². The average Bonchev–Trinajstić information content (AvgIpc) is 2.81. The molecule has 0 saturated heterocycles. The molecule has 0 aliphatic carbocycles. The largest absolute Gasteiger partial charge is 0.374 e. The number of hydrogen-bond donors (Lipinski definition) is 1. The van der Waals surface area contributed by atoms with Crippen molar-refractivity contribution in [3.63, 3.8) is 0 Å². The fourth-order valence-electron chi connectivity index (χ4n) is 2.55. The molecule has 1 aromatic heterocycles. The van der Waals surface area contributed by atoms with Crippen LogP contribution in [0.1, 0.15) is 11.5 Å². The van der Waals surface area contributed by atoms with E-state index in [-0.39, 0.29) is 0 Å². The molecule has 1 aliphatic heterocycles. The fraction of sp³-hybridized carbons (Fsp3) is 0.333. The Morgan fingerprint density at radius 3 is 3.13 bits per heavy atom. The van der Waals surface area contributed by atoms with Crippen LogP contribution < -0.4 is 4.90 Å². The minimum Gasteiger partial charge on any atom is -0.374 e. The SMILES string of the molecule is CN1CC(CCl)c2c1ccc1[nH]ccc21. The van der Waals surface area contributed by atoms with Gasteiger partial charge < -0.3 is 9.88 Å². The molecule has 3 heteroatoms. The molecular weight excluding hydrogens is 208 g/mol. The average molecular weight is 221 g/mol. The third-order valence-electron chi connectivity index (χ3n) is 3.25. The number of nitrogens with zero attached hydrogens (tertiary/aromatic N) is 1. The van der Waals surface area contributed by atoms with Gasteiger partial charge in [-0.05, 0) is 23.8 Å². The Kier molecular flexibility index (Phi) is 1.93. The predicted molar refractivity (Wildman–Crippen MR) is 65.0 cm³/mol. The highest BCUT2D eigenvalue weighted by atomic mass is 35.5. The molecule has 0 spiro atoms. The molecule has 2 heterocycles. The summed E-state index contributed by atoms with van der Waals surface area (Å²) in [6, 6.07) is 6.47. The second kappa shape index (κ2) is 3.17. The smallest absolute Gasteiger partial charge is 0.0458 e. The lowest BCUT2D eigenvalue weighted by Crippen LogP contribution is -2.15. The normalized spacial score (nSPS) is 19.9. The second-order valence-electron chi connectivity index (χ2n) is 4.17. The molecule has 1 aliphatic rings. The van der Waals surface area contributed by atoms with Crippen molar-refractivity contribution in [2.24, 2.45) is 0 Å². The quantitative estimate of drug-likeness (QED) is 0.733. The van der Waals surface area contributed by atoms with Gasteiger partial charge in [-0.25, -0.2) is 0 Å². The highest BCUT2D eigenvalue weighted by Gasteiger charge is 2.27. The number of alkyl halides is 1. The van der Waals surface area contributed by atoms with Crippen LogP contribution in [0.5, 0.6) is 0 Å². The fourth-order valence-corrected chi connectivity index (χ4v) is 2.81. The van der Waals surface area contributed by atoms with E-state index in [9.17, 15) is 0 Å². The lowest BCUT2D eigenvalue weighted by Gasteiger charge is -2.11. The van der Waals surface area contributed by atoms with Gasteiger partial charge in [0.25, 0.3) is 0 Å². The Labute approximate surface area is 93.8 Å². The van der Waals surface area contributed by atoms with Crippen LogP contribution >= 0.6 is 11.6 Å². The van der Waals surface area contributed by atoms with E-state index in [2.05, 4.69) is 35.1 Å². The summed E-state index contributed by atoms with van der Waals surface area (Å²) in [4.78, 5) is 5.53. The van der Waals surface area contributed by atoms with Crippen molar-refractivity contribution < 1.29 is 0 Å². The van der Waals surface area contributed by atoms with Crippen LogP contribution in [-0.4, -0.2) is 24.5 Å². The van der Waals surface area contributed by atoms with E-state index in [1.165, 1.54) is 22.2 Å². The Hall–Kier alpha value is -1.15. The number of hydrogen-bond acceptors (Lipinski definition) is 1. The van der Waals surface area contributed by atoms with E-state index in [1.54, 1.807) is 0 Å². The molecule has 78 valence electrons. The summed E-state index contributed by atoms with van der Waals surface area (Å²) in [7, 11) is 2.13. The van der Waals surface area contributed by atoms with E-state index < -0.39 is 0 Å². The number of benzene rings is 1. The molecule has 1 aromatic carbocycles. The van der Waals surface area contributed by atoms with E-state index in [0.29, 0.717) is 11.8 Å². The molecule has 2 aromatic rings. The molecule has 15 heavy (non-hydrogen) atoms. The van der Waals surface area contributed by atoms with Crippen molar-refractivity contribution in [3.05, 3.63) is 30.0 Å². The topological polar surface area (TPSA) is 19.0 Å². The molecule has 1 N–H and O–H groups in total. The van der Waals surface area contributed by atoms with Gasteiger partial charge in [0, 0.05) is 48.2 Å². The third kappa shape index (κ3) is 1.18. The first-order chi connectivity index (χ1) is 7.31. The zero-order valence-electron chi connectivity index (χ0n) is 8.63. The zero-order valence-corrected chi connectivity index (χ0v) is 9.38. The van der Waals surface area contributed by atoms with Crippen molar-refractivity contribution >= 4 is 28.2 Å². The van der Waals surface area contributed by atoms with E-state index in [0.717, 1.165) is 6.54 Å². The summed E-state index contributed by atoms with van der Waals surface area (Å²) in [6.45, 7) is 1.03. The van der Waals surface area contributed by atoms with Gasteiger partial charge in [0.15, 0.2) is 0 Å². The van der Waals surface area contributed by atoms with Crippen molar-refractivity contribution in [2.75, 3.05) is 24.4 Å². The maximum absolute atomic E-state index is 6.03. The van der Waals surface area contributed by atoms with Gasteiger partial charge in [0.1, 0.15) is 0 Å². The van der Waals surface area contributed by atoms with Crippen molar-refractivity contribution in [2.45, 2.75) is 5.92 Å². The number of halogens is 1. The van der Waals surface area contributed by atoms with Gasteiger partial charge in [-0.3, -0.25) is 0 Å². The Balaban J connectivity index is 2.31. The van der Waals surface area contributed by atoms with E-state index >= 15 is 0 Å². The van der Waals surface area contributed by atoms with E-state index in [4.69, 9.17) is 11.6 Å². The summed E-state index contributed by atoms with van der Waals surface area (Å²) >= 11 is 6.03. The van der Waals surface area contributed by atoms with Crippen LogP contribution in [-0.2, 0) is 0 Å². The maximum atomic E-state index is 6.03. The van der Waals surface area contributed by atoms with Crippen molar-refractivity contribution in [3.8, 4) is 0 Å². The van der Waals surface area contributed by atoms with Crippen LogP contribution in [0.3, 0.4) is 0 Å². The molecule has 2 nitrogen and oxygen atoms in total. The number of aromatic nitrogens is 1. The number of aromatic amines is 1. The summed E-state index contributed by atoms with van der Waals surface area (Å²) in [5.41, 5.74) is 3.94. The van der Waals surface area contributed by atoms with Gasteiger partial charge in [0.2, 0.25) is 0 Å². The highest BCUT2D eigenvalue weighted by molar-refractivity contribution is 6.18. The summed E-state index contributed by atoms with van der Waals surface area (Å²) < 4.78 is 0. The van der Waals surface area contributed by atoms with Crippen molar-refractivity contribution in [1.82, 2.24) is 4.98 Å². The van der Waals surface area contributed by atoms with Crippen LogP contribution in [0.25, 0.3) is 10.9 Å². The van der Waals surface area contributed by atoms with Gasteiger partial charge in [-0.15, -0.1) is 11.6 Å². The number of likely N-dealkylation sites (N-methyl/N-ethyl adjacent to an activating group) is 1. The summed E-state index contributed by atoms with van der Waals surface area (Å²) in [5.74, 6) is 1.16. The van der Waals surface area contributed by atoms with Gasteiger partial charge in [-0.1, -0.05) is 0 Å². The van der Waals surface area contributed by atoms with Crippen LogP contribution in [0.4, 0.5) is 5.69 Å². The molecule has 0 fully saturated rings. The first kappa shape index (κ1) is 9.10. The maximum Gasteiger partial charge on any atom is 0.0458 e. The van der Waals surface area contributed by atoms with Crippen LogP contribution in [0.2, 0.25) is 0 Å². The summed E-state index contributed by atoms with van der Waals surface area (Å²) in [6.07, 6.45) is 1.99. The number of rotatable bonds is 1. The molecule has 0 saturated carbocycles. The molecule has 0 amide bonds. The number of fused-ring (bicyclic) bond motifs is 3. The lowest BCUT2D eigenvalue weighted by molar-refractivity contribution is 0.807. The Morgan fingerprint density at radius 2 is 2.33 bits per heavy atom. The van der Waals surface area contributed by atoms with E-state index in [1.807, 2.05) is 6.20 Å². The van der Waals surface area contributed by atoms with Crippen molar-refractivity contribution in [1.29, 1.82) is 0 Å². The minimum absolute atomic E-state index is 0.464. The van der Waals surface area contributed by atoms with Crippen LogP contribution in [0.15, 0.2) is 24.4 Å². The molecule has 3 rings (SSSR count). The van der Waals surface area contributed by atoms with Gasteiger partial charge >= 0.3 is 0 Å². The first-order valence-corrected chi connectivity index (χ1v) is 5.72. The van der Waals surface area contributed by atoms with Crippen LogP contribution in [0, 0.1) is 0 Å². The third-order valence-corrected chi connectivity index (χ3v) is 3.63. The second-order valence-corrected chi connectivity index (χ2v) is 4.48. The number of anilines is 1. The molecule has 1 unspecified atom stereocenters. The Morgan fingerprint density at radius 1 is 1.47 bits per heavy atom. The molecular formula is C12H13ClN2. The minimum atomic E-state index is 0.464. The first-order valence-electron chi connectivity index (χ1n) is 5.18. The standard InChI is InChI=1S/C12H13ClN2/c1-15-7-8(6-13)12-9-4-5-14-10(9)2-3-11(12)15/h2-5,8,14H,6-7H2,1H3. The Bertz CT molecular complexity index is 503. The number of H-pyrrole nitrogens is 1. The summed E-state index contributed by atoms with van der Waals surface area (Å²) in [5, 5.41) is 1.32.